The smallest absolute Gasteiger partial charge is 0.248 e. The minimum Gasteiger partial charge on any atom is -0.366 e. The summed E-state index contributed by atoms with van der Waals surface area (Å²) in [6, 6.07) is 12.4. The molecule has 2 aromatic carbocycles. The average molecular weight is 286 g/mol. The van der Waals surface area contributed by atoms with Gasteiger partial charge in [0.25, 0.3) is 0 Å². The monoisotopic (exact) mass is 286 g/mol. The van der Waals surface area contributed by atoms with Gasteiger partial charge in [0.2, 0.25) is 5.91 Å². The maximum atomic E-state index is 13.7. The lowest BCUT2D eigenvalue weighted by atomic mass is 10.1. The van der Waals surface area contributed by atoms with Gasteiger partial charge in [0, 0.05) is 23.7 Å². The van der Waals surface area contributed by atoms with E-state index in [1.54, 1.807) is 0 Å². The first-order valence-corrected chi connectivity index (χ1v) is 6.85. The van der Waals surface area contributed by atoms with Gasteiger partial charge in [0.15, 0.2) is 0 Å². The van der Waals surface area contributed by atoms with Gasteiger partial charge < -0.3 is 11.1 Å². The van der Waals surface area contributed by atoms with E-state index in [0.717, 1.165) is 5.56 Å². The van der Waals surface area contributed by atoms with Gasteiger partial charge in [-0.15, -0.1) is 0 Å². The topological polar surface area (TPSA) is 55.1 Å². The molecule has 3 nitrogen and oxygen atoms in total. The van der Waals surface area contributed by atoms with Crippen LogP contribution in [-0.4, -0.2) is 5.91 Å². The number of rotatable bonds is 5. The van der Waals surface area contributed by atoms with E-state index in [-0.39, 0.29) is 11.9 Å². The lowest BCUT2D eigenvalue weighted by molar-refractivity contribution is 0.1000. The first-order valence-electron chi connectivity index (χ1n) is 6.85. The van der Waals surface area contributed by atoms with Gasteiger partial charge >= 0.3 is 0 Å². The zero-order valence-corrected chi connectivity index (χ0v) is 12.2. The highest BCUT2D eigenvalue weighted by Crippen LogP contribution is 2.16. The molecule has 0 saturated heterocycles. The van der Waals surface area contributed by atoms with E-state index < -0.39 is 5.91 Å². The summed E-state index contributed by atoms with van der Waals surface area (Å²) in [7, 11) is 0. The Kier molecular flexibility index (Phi) is 4.70. The number of primary amides is 1. The van der Waals surface area contributed by atoms with Gasteiger partial charge in [-0.2, -0.15) is 0 Å². The number of aryl methyl sites for hydroxylation is 1. The molecule has 0 aliphatic carbocycles. The minimum absolute atomic E-state index is 0.0854. The molecule has 110 valence electrons. The quantitative estimate of drug-likeness (QED) is 0.887. The van der Waals surface area contributed by atoms with Crippen molar-refractivity contribution in [3.63, 3.8) is 0 Å². The van der Waals surface area contributed by atoms with Gasteiger partial charge in [-0.25, -0.2) is 4.39 Å². The number of benzene rings is 2. The Morgan fingerprint density at radius 1 is 1.24 bits per heavy atom. The van der Waals surface area contributed by atoms with Crippen LogP contribution in [0, 0.1) is 12.7 Å². The van der Waals surface area contributed by atoms with Crippen molar-refractivity contribution in [3.8, 4) is 0 Å². The minimum atomic E-state index is -0.553. The normalized spacial score (nSPS) is 12.1. The second-order valence-corrected chi connectivity index (χ2v) is 5.18. The van der Waals surface area contributed by atoms with Crippen LogP contribution in [0.4, 0.5) is 4.39 Å². The predicted molar refractivity (Wildman–Crippen MR) is 81.4 cm³/mol. The summed E-state index contributed by atoms with van der Waals surface area (Å²) in [5.74, 6) is -0.897. The Hall–Kier alpha value is -2.20. The molecule has 1 amide bonds. The Morgan fingerprint density at radius 2 is 1.90 bits per heavy atom. The number of nitrogens with one attached hydrogen (secondary N) is 1. The highest BCUT2D eigenvalue weighted by atomic mass is 19.1. The van der Waals surface area contributed by atoms with Gasteiger partial charge in [0.1, 0.15) is 5.82 Å². The molecule has 0 spiro atoms. The van der Waals surface area contributed by atoms with Crippen LogP contribution in [0.3, 0.4) is 0 Å². The van der Waals surface area contributed by atoms with Crippen molar-refractivity contribution >= 4 is 5.91 Å². The largest absolute Gasteiger partial charge is 0.366 e. The second kappa shape index (κ2) is 6.50. The summed E-state index contributed by atoms with van der Waals surface area (Å²) in [6.07, 6.45) is 0. The van der Waals surface area contributed by atoms with Crippen LogP contribution >= 0.6 is 0 Å². The number of carbonyl (C=O) groups excluding carboxylic acids is 1. The number of nitrogens with two attached hydrogens (primary N) is 1. The highest BCUT2D eigenvalue weighted by molar-refractivity contribution is 5.92. The third-order valence-corrected chi connectivity index (χ3v) is 3.51. The Balaban J connectivity index is 2.07. The van der Waals surface area contributed by atoms with Crippen molar-refractivity contribution in [2.75, 3.05) is 0 Å². The molecule has 0 bridgehead atoms. The predicted octanol–water partition coefficient (Wildman–Crippen LogP) is 3.08. The van der Waals surface area contributed by atoms with Crippen molar-refractivity contribution in [2.24, 2.45) is 5.73 Å². The Labute approximate surface area is 124 Å². The highest BCUT2D eigenvalue weighted by Gasteiger charge is 2.09. The zero-order valence-electron chi connectivity index (χ0n) is 12.2. The van der Waals surface area contributed by atoms with Gasteiger partial charge in [-0.05, 0) is 37.6 Å². The number of amides is 1. The van der Waals surface area contributed by atoms with E-state index in [0.29, 0.717) is 17.7 Å². The summed E-state index contributed by atoms with van der Waals surface area (Å²) >= 11 is 0. The number of hydrogen-bond acceptors (Lipinski definition) is 2. The Morgan fingerprint density at radius 3 is 2.52 bits per heavy atom. The van der Waals surface area contributed by atoms with E-state index >= 15 is 0 Å². The molecule has 2 rings (SSSR count). The first-order chi connectivity index (χ1) is 9.97. The molecule has 0 aliphatic rings. The summed E-state index contributed by atoms with van der Waals surface area (Å²) < 4.78 is 13.7. The average Bonchev–Trinajstić information content (AvgIpc) is 2.46. The number of carbonyl (C=O) groups is 1. The van der Waals surface area contributed by atoms with E-state index in [1.165, 1.54) is 23.8 Å². The number of hydrogen-bond donors (Lipinski definition) is 2. The zero-order chi connectivity index (χ0) is 15.4. The van der Waals surface area contributed by atoms with Gasteiger partial charge in [-0.1, -0.05) is 29.8 Å². The van der Waals surface area contributed by atoms with Crippen LogP contribution in [-0.2, 0) is 6.54 Å². The van der Waals surface area contributed by atoms with Gasteiger partial charge in [0.05, 0.1) is 0 Å². The van der Waals surface area contributed by atoms with Crippen molar-refractivity contribution in [3.05, 3.63) is 70.5 Å². The molecule has 3 N–H and O–H groups in total. The summed E-state index contributed by atoms with van der Waals surface area (Å²) in [5, 5.41) is 3.25. The van der Waals surface area contributed by atoms with Crippen molar-refractivity contribution in [2.45, 2.75) is 26.4 Å². The van der Waals surface area contributed by atoms with Crippen LogP contribution in [0.2, 0.25) is 0 Å². The molecule has 0 unspecified atom stereocenters. The number of halogens is 1. The van der Waals surface area contributed by atoms with Crippen LogP contribution in [0.1, 0.15) is 40.0 Å². The molecular weight excluding hydrogens is 267 g/mol. The molecule has 21 heavy (non-hydrogen) atoms. The third kappa shape index (κ3) is 3.89. The lowest BCUT2D eigenvalue weighted by Gasteiger charge is -2.15. The van der Waals surface area contributed by atoms with E-state index in [1.807, 2.05) is 38.1 Å². The molecule has 0 saturated carbocycles. The lowest BCUT2D eigenvalue weighted by Crippen LogP contribution is -2.19. The molecular formula is C17H19FN2O. The van der Waals surface area contributed by atoms with E-state index in [2.05, 4.69) is 5.32 Å². The summed E-state index contributed by atoms with van der Waals surface area (Å²) in [6.45, 7) is 4.38. The molecule has 2 aromatic rings. The van der Waals surface area contributed by atoms with Gasteiger partial charge in [-0.3, -0.25) is 4.79 Å². The SMILES string of the molecule is Cc1ccc([C@@H](C)NCc2cc(C(N)=O)ccc2F)cc1. The summed E-state index contributed by atoms with van der Waals surface area (Å²) in [4.78, 5) is 11.1. The standard InChI is InChI=1S/C17H19FN2O/c1-11-3-5-13(6-4-11)12(2)20-10-15-9-14(17(19)21)7-8-16(15)18/h3-9,12,20H,10H2,1-2H3,(H2,19,21)/t12-/m1/s1. The van der Waals surface area contributed by atoms with Crippen molar-refractivity contribution < 1.29 is 9.18 Å². The first kappa shape index (κ1) is 15.2. The van der Waals surface area contributed by atoms with Crippen LogP contribution in [0.15, 0.2) is 42.5 Å². The van der Waals surface area contributed by atoms with E-state index in [9.17, 15) is 9.18 Å². The molecule has 0 fully saturated rings. The fourth-order valence-electron chi connectivity index (χ4n) is 2.10. The third-order valence-electron chi connectivity index (χ3n) is 3.51. The fraction of sp³-hybridized carbons (Fsp3) is 0.235. The van der Waals surface area contributed by atoms with Crippen molar-refractivity contribution in [1.82, 2.24) is 5.32 Å². The fourth-order valence-corrected chi connectivity index (χ4v) is 2.10. The molecule has 0 aromatic heterocycles. The van der Waals surface area contributed by atoms with Crippen LogP contribution in [0.25, 0.3) is 0 Å². The second-order valence-electron chi connectivity index (χ2n) is 5.18. The molecule has 4 heteroatoms. The maximum Gasteiger partial charge on any atom is 0.248 e. The summed E-state index contributed by atoms with van der Waals surface area (Å²) in [5.41, 5.74) is 8.30. The van der Waals surface area contributed by atoms with E-state index in [4.69, 9.17) is 5.73 Å². The van der Waals surface area contributed by atoms with Crippen LogP contribution in [0.5, 0.6) is 0 Å². The molecule has 0 radical (unpaired) electrons. The van der Waals surface area contributed by atoms with Crippen LogP contribution < -0.4 is 11.1 Å². The molecule has 0 aliphatic heterocycles. The molecule has 1 atom stereocenters. The molecule has 0 heterocycles. The Bertz CT molecular complexity index is 638. The maximum absolute atomic E-state index is 13.7. The van der Waals surface area contributed by atoms with Crippen molar-refractivity contribution in [1.29, 1.82) is 0 Å².